The number of thioether (sulfide) groups is 1. The number of benzene rings is 2. The third-order valence-electron chi connectivity index (χ3n) is 3.91. The molecule has 2 aromatic carbocycles. The van der Waals surface area contributed by atoms with Crippen molar-refractivity contribution in [3.8, 4) is 0 Å². The first-order valence-electron chi connectivity index (χ1n) is 8.45. The predicted octanol–water partition coefficient (Wildman–Crippen LogP) is 4.02. The highest BCUT2D eigenvalue weighted by Crippen LogP contribution is 2.19. The monoisotopic (exact) mass is 386 g/mol. The van der Waals surface area contributed by atoms with Crippen LogP contribution in [0.5, 0.6) is 0 Å². The first kappa shape index (κ1) is 18.9. The Morgan fingerprint density at radius 2 is 2.04 bits per heavy atom. The van der Waals surface area contributed by atoms with Gasteiger partial charge in [0.15, 0.2) is 4.80 Å². The normalized spacial score (nSPS) is 12.0. The van der Waals surface area contributed by atoms with Crippen molar-refractivity contribution in [2.24, 2.45) is 4.99 Å². The number of fused-ring (bicyclic) bond motifs is 1. The first-order valence-corrected chi connectivity index (χ1v) is 10.4. The van der Waals surface area contributed by atoms with E-state index < -0.39 is 0 Å². The summed E-state index contributed by atoms with van der Waals surface area (Å²) >= 11 is 3.15. The Balaban J connectivity index is 1.77. The lowest BCUT2D eigenvalue weighted by Crippen LogP contribution is -2.19. The Morgan fingerprint density at radius 3 is 2.81 bits per heavy atom. The fraction of sp³-hybridized carbons (Fsp3) is 0.300. The lowest BCUT2D eigenvalue weighted by Gasteiger charge is -2.04. The van der Waals surface area contributed by atoms with Crippen LogP contribution in [0, 0.1) is 6.92 Å². The number of aryl methyl sites for hydroxylation is 1. The number of aromatic nitrogens is 1. The molecule has 0 bridgehead atoms. The van der Waals surface area contributed by atoms with Crippen molar-refractivity contribution < 1.29 is 9.53 Å². The molecule has 0 aliphatic carbocycles. The maximum absolute atomic E-state index is 12.3. The molecule has 0 spiro atoms. The molecule has 1 heterocycles. The van der Waals surface area contributed by atoms with Gasteiger partial charge in [0.2, 0.25) is 0 Å². The maximum Gasteiger partial charge on any atom is 0.258 e. The highest BCUT2D eigenvalue weighted by Gasteiger charge is 2.08. The number of thiazole rings is 1. The van der Waals surface area contributed by atoms with Crippen molar-refractivity contribution in [2.45, 2.75) is 19.2 Å². The summed E-state index contributed by atoms with van der Waals surface area (Å²) in [5, 5.41) is 0. The van der Waals surface area contributed by atoms with Crippen LogP contribution in [0.25, 0.3) is 10.2 Å². The van der Waals surface area contributed by atoms with E-state index in [2.05, 4.69) is 46.8 Å². The lowest BCUT2D eigenvalue weighted by molar-refractivity contribution is -0.115. The molecular weight excluding hydrogens is 364 g/mol. The number of carbonyl (C=O) groups excluding carboxylic acids is 1. The first-order chi connectivity index (χ1) is 12.7. The van der Waals surface area contributed by atoms with Gasteiger partial charge in [0.05, 0.1) is 22.6 Å². The van der Waals surface area contributed by atoms with Crippen LogP contribution in [0.3, 0.4) is 0 Å². The quantitative estimate of drug-likeness (QED) is 0.616. The molecule has 26 heavy (non-hydrogen) atoms. The van der Waals surface area contributed by atoms with Crippen molar-refractivity contribution in [2.75, 3.05) is 19.5 Å². The number of methoxy groups -OCH3 is 1. The lowest BCUT2D eigenvalue weighted by atomic mass is 10.2. The van der Waals surface area contributed by atoms with Crippen LogP contribution in [0.2, 0.25) is 0 Å². The summed E-state index contributed by atoms with van der Waals surface area (Å²) in [6.45, 7) is 3.34. The minimum atomic E-state index is -0.0969. The smallest absolute Gasteiger partial charge is 0.258 e. The summed E-state index contributed by atoms with van der Waals surface area (Å²) in [4.78, 5) is 17.5. The second-order valence-corrected chi connectivity index (χ2v) is 7.98. The van der Waals surface area contributed by atoms with E-state index in [0.29, 0.717) is 18.9 Å². The zero-order chi connectivity index (χ0) is 18.4. The number of hydrogen-bond donors (Lipinski definition) is 0. The van der Waals surface area contributed by atoms with Gasteiger partial charge in [-0.2, -0.15) is 4.99 Å². The Bertz CT molecular complexity index is 945. The van der Waals surface area contributed by atoms with Gasteiger partial charge in [-0.3, -0.25) is 4.79 Å². The van der Waals surface area contributed by atoms with Crippen LogP contribution >= 0.6 is 23.1 Å². The molecule has 136 valence electrons. The molecule has 0 atom stereocenters. The molecule has 0 saturated carbocycles. The number of amides is 1. The van der Waals surface area contributed by atoms with Gasteiger partial charge in [-0.15, -0.1) is 11.8 Å². The van der Waals surface area contributed by atoms with Crippen molar-refractivity contribution in [1.29, 1.82) is 0 Å². The standard InChI is InChI=1S/C20H22N2O2S2/c1-15-8-9-17-18(12-15)26-20(22(17)10-11-24-2)21-19(23)14-25-13-16-6-4-3-5-7-16/h3-9,12H,10-11,13-14H2,1-2H3. The SMILES string of the molecule is COCCn1c(=NC(=O)CSCc2ccccc2)sc2cc(C)ccc21. The van der Waals surface area contributed by atoms with Crippen molar-refractivity contribution in [3.05, 3.63) is 64.5 Å². The number of nitrogens with zero attached hydrogens (tertiary/aromatic N) is 2. The molecule has 1 aromatic heterocycles. The fourth-order valence-corrected chi connectivity index (χ4v) is 4.57. The molecule has 0 unspecified atom stereocenters. The topological polar surface area (TPSA) is 43.6 Å². The molecule has 0 N–H and O–H groups in total. The van der Waals surface area contributed by atoms with E-state index in [1.807, 2.05) is 18.2 Å². The Labute approximate surface area is 161 Å². The van der Waals surface area contributed by atoms with Gasteiger partial charge in [0.1, 0.15) is 0 Å². The van der Waals surface area contributed by atoms with Crippen LogP contribution < -0.4 is 4.80 Å². The van der Waals surface area contributed by atoms with E-state index in [1.165, 1.54) is 11.1 Å². The van der Waals surface area contributed by atoms with E-state index >= 15 is 0 Å². The van der Waals surface area contributed by atoms with E-state index in [-0.39, 0.29) is 5.91 Å². The van der Waals surface area contributed by atoms with Crippen LogP contribution in [0.4, 0.5) is 0 Å². The molecule has 0 aliphatic rings. The molecule has 0 aliphatic heterocycles. The molecule has 3 rings (SSSR count). The van der Waals surface area contributed by atoms with Crippen molar-refractivity contribution in [3.63, 3.8) is 0 Å². The molecule has 0 saturated heterocycles. The van der Waals surface area contributed by atoms with Crippen LogP contribution in [0.1, 0.15) is 11.1 Å². The molecule has 3 aromatic rings. The summed E-state index contributed by atoms with van der Waals surface area (Å²) in [6.07, 6.45) is 0. The van der Waals surface area contributed by atoms with Gasteiger partial charge in [0, 0.05) is 19.4 Å². The molecule has 1 amide bonds. The minimum Gasteiger partial charge on any atom is -0.383 e. The summed E-state index contributed by atoms with van der Waals surface area (Å²) in [7, 11) is 1.68. The van der Waals surface area contributed by atoms with E-state index in [1.54, 1.807) is 30.2 Å². The summed E-state index contributed by atoms with van der Waals surface area (Å²) < 4.78 is 8.43. The van der Waals surface area contributed by atoms with Gasteiger partial charge in [0.25, 0.3) is 5.91 Å². The molecule has 6 heteroatoms. The van der Waals surface area contributed by atoms with Crippen LogP contribution in [-0.2, 0) is 21.8 Å². The Hall–Kier alpha value is -1.89. The van der Waals surface area contributed by atoms with Crippen molar-refractivity contribution >= 4 is 39.2 Å². The summed E-state index contributed by atoms with van der Waals surface area (Å²) in [6, 6.07) is 16.5. The van der Waals surface area contributed by atoms with Gasteiger partial charge in [-0.05, 0) is 30.2 Å². The van der Waals surface area contributed by atoms with Crippen LogP contribution in [-0.4, -0.2) is 29.9 Å². The second kappa shape index (κ2) is 9.16. The highest BCUT2D eigenvalue weighted by atomic mass is 32.2. The third-order valence-corrected chi connectivity index (χ3v) is 5.94. The molecule has 0 radical (unpaired) electrons. The van der Waals surface area contributed by atoms with Crippen LogP contribution in [0.15, 0.2) is 53.5 Å². The number of carbonyl (C=O) groups is 1. The average Bonchev–Trinajstić information content (AvgIpc) is 2.96. The molecule has 0 fully saturated rings. The Morgan fingerprint density at radius 1 is 1.23 bits per heavy atom. The third kappa shape index (κ3) is 4.84. The van der Waals surface area contributed by atoms with E-state index in [9.17, 15) is 4.79 Å². The largest absolute Gasteiger partial charge is 0.383 e. The molecule has 4 nitrogen and oxygen atoms in total. The van der Waals surface area contributed by atoms with Gasteiger partial charge in [-0.25, -0.2) is 0 Å². The zero-order valence-electron chi connectivity index (χ0n) is 15.0. The van der Waals surface area contributed by atoms with Gasteiger partial charge < -0.3 is 9.30 Å². The van der Waals surface area contributed by atoms with Crippen molar-refractivity contribution in [1.82, 2.24) is 4.57 Å². The average molecular weight is 387 g/mol. The Kier molecular flexibility index (Phi) is 6.66. The fourth-order valence-electron chi connectivity index (χ4n) is 2.63. The van der Waals surface area contributed by atoms with E-state index in [4.69, 9.17) is 4.74 Å². The number of ether oxygens (including phenoxy) is 1. The predicted molar refractivity (Wildman–Crippen MR) is 110 cm³/mol. The van der Waals surface area contributed by atoms with E-state index in [0.717, 1.165) is 20.8 Å². The highest BCUT2D eigenvalue weighted by molar-refractivity contribution is 7.99. The zero-order valence-corrected chi connectivity index (χ0v) is 16.6. The van der Waals surface area contributed by atoms with Gasteiger partial charge in [-0.1, -0.05) is 47.7 Å². The summed E-state index contributed by atoms with van der Waals surface area (Å²) in [5.41, 5.74) is 3.52. The van der Waals surface area contributed by atoms with Gasteiger partial charge >= 0.3 is 0 Å². The number of hydrogen-bond acceptors (Lipinski definition) is 4. The maximum atomic E-state index is 12.3. The molecular formula is C20H22N2O2S2. The summed E-state index contributed by atoms with van der Waals surface area (Å²) in [5.74, 6) is 1.10. The minimum absolute atomic E-state index is 0.0969. The second-order valence-electron chi connectivity index (χ2n) is 5.98. The number of rotatable bonds is 7.